The van der Waals surface area contributed by atoms with Gasteiger partial charge in [-0.1, -0.05) is 42.5 Å². The van der Waals surface area contributed by atoms with Gasteiger partial charge in [0.2, 0.25) is 0 Å². The Morgan fingerprint density at radius 1 is 0.700 bits per heavy atom. The summed E-state index contributed by atoms with van der Waals surface area (Å²) >= 11 is 0. The molecule has 3 atom stereocenters. The minimum atomic E-state index is 0. The Balaban J connectivity index is 0.000000376. The molecule has 3 saturated carbocycles. The van der Waals surface area contributed by atoms with Crippen molar-refractivity contribution in [1.29, 1.82) is 0 Å². The number of hydrogen-bond donors (Lipinski definition) is 0. The van der Waals surface area contributed by atoms with Crippen LogP contribution in [-0.4, -0.2) is 12.9 Å². The zero-order valence-electron chi connectivity index (χ0n) is 16.8. The monoisotopic (exact) mass is 436 g/mol. The van der Waals surface area contributed by atoms with Crippen LogP contribution in [0.3, 0.4) is 0 Å². The van der Waals surface area contributed by atoms with Crippen LogP contribution in [0.25, 0.3) is 0 Å². The summed E-state index contributed by atoms with van der Waals surface area (Å²) in [5.41, 5.74) is 2.44. The Bertz CT molecular complexity index is 769. The molecular weight excluding hydrogens is 412 g/mol. The van der Waals surface area contributed by atoms with Gasteiger partial charge in [-0.05, 0) is 81.0 Å². The number of rotatable bonds is 5. The van der Waals surface area contributed by atoms with Crippen LogP contribution in [-0.2, 0) is 21.9 Å². The second-order valence-corrected chi connectivity index (χ2v) is 7.26. The van der Waals surface area contributed by atoms with Gasteiger partial charge < -0.3 is 4.74 Å². The Labute approximate surface area is 192 Å². The third-order valence-electron chi connectivity index (χ3n) is 5.51. The minimum Gasteiger partial charge on any atom is -0.497 e. The van der Waals surface area contributed by atoms with Gasteiger partial charge >= 0.3 is 17.1 Å². The van der Waals surface area contributed by atoms with E-state index in [0.717, 1.165) is 11.7 Å². The molecule has 2 aromatic rings. The summed E-state index contributed by atoms with van der Waals surface area (Å²) in [6, 6.07) is 18.5. The van der Waals surface area contributed by atoms with Crippen LogP contribution in [0.4, 0.5) is 0 Å². The van der Waals surface area contributed by atoms with Crippen molar-refractivity contribution in [2.45, 2.75) is 11.8 Å². The van der Waals surface area contributed by atoms with Gasteiger partial charge in [-0.3, -0.25) is 4.79 Å². The molecule has 5 rings (SSSR count). The van der Waals surface area contributed by atoms with Crippen molar-refractivity contribution in [1.82, 2.24) is 0 Å². The average Bonchev–Trinajstić information content (AvgIpc) is 3.20. The first-order valence-corrected chi connectivity index (χ1v) is 9.91. The van der Waals surface area contributed by atoms with Gasteiger partial charge in [0.1, 0.15) is 11.5 Å². The van der Waals surface area contributed by atoms with E-state index >= 15 is 0 Å². The third kappa shape index (κ3) is 5.37. The molecule has 0 amide bonds. The summed E-state index contributed by atoms with van der Waals surface area (Å²) in [5, 5.41) is 0. The summed E-state index contributed by atoms with van der Waals surface area (Å²) in [5.74, 6) is 2.41. The maximum Gasteiger partial charge on any atom is 2.00 e. The van der Waals surface area contributed by atoms with E-state index < -0.39 is 0 Å². The van der Waals surface area contributed by atoms with E-state index in [-0.39, 0.29) is 40.6 Å². The Morgan fingerprint density at radius 2 is 1.20 bits per heavy atom. The molecule has 3 aliphatic carbocycles. The summed E-state index contributed by atoms with van der Waals surface area (Å²) in [6.07, 6.45) is 17.7. The second-order valence-electron chi connectivity index (χ2n) is 7.26. The molecule has 0 heterocycles. The zero-order valence-corrected chi connectivity index (χ0v) is 17.9. The van der Waals surface area contributed by atoms with Crippen molar-refractivity contribution in [2.75, 3.05) is 7.11 Å². The molecule has 30 heavy (non-hydrogen) atoms. The van der Waals surface area contributed by atoms with Crippen LogP contribution in [0.1, 0.15) is 23.0 Å². The van der Waals surface area contributed by atoms with Crippen molar-refractivity contribution in [3.63, 3.8) is 0 Å². The number of carbonyl (C=O) groups excluding carboxylic acids is 1. The van der Waals surface area contributed by atoms with Crippen LogP contribution in [0.2, 0.25) is 0 Å². The molecular formula is C27H24FeO2+2. The Kier molecular flexibility index (Phi) is 8.60. The van der Waals surface area contributed by atoms with Crippen LogP contribution in [0.5, 0.6) is 5.75 Å². The number of benzene rings is 2. The molecule has 10 radical (unpaired) electrons. The average molecular weight is 436 g/mol. The molecule has 0 N–H and O–H groups in total. The Hall–Kier alpha value is -1.57. The summed E-state index contributed by atoms with van der Waals surface area (Å²) in [6.45, 7) is 0. The first kappa shape index (κ1) is 23.1. The predicted octanol–water partition coefficient (Wildman–Crippen LogP) is 5.19. The van der Waals surface area contributed by atoms with Gasteiger partial charge in [0.05, 0.1) is 7.11 Å². The quantitative estimate of drug-likeness (QED) is 0.604. The minimum absolute atomic E-state index is 0. The van der Waals surface area contributed by atoms with E-state index in [4.69, 9.17) is 4.74 Å². The fourth-order valence-electron chi connectivity index (χ4n) is 4.02. The molecule has 2 nitrogen and oxygen atoms in total. The normalized spacial score (nSPS) is 25.0. The molecule has 0 aliphatic heterocycles. The van der Waals surface area contributed by atoms with Gasteiger partial charge in [0, 0.05) is 23.7 Å². The van der Waals surface area contributed by atoms with E-state index in [2.05, 4.69) is 24.3 Å². The molecule has 0 aromatic heterocycles. The molecule has 150 valence electrons. The molecule has 0 bridgehead atoms. The van der Waals surface area contributed by atoms with Gasteiger partial charge in [-0.2, -0.15) is 0 Å². The maximum atomic E-state index is 12.9. The van der Waals surface area contributed by atoms with Crippen molar-refractivity contribution in [3.05, 3.63) is 129 Å². The SMILES string of the molecule is COc1ccc(C2C(C(=O)[C]3[CH][CH][CH][CH]3)C2c2ccccc2)cc1.[CH]1[CH][CH][CH][CH]1.[Fe+2]. The standard InChI is InChI=1S/C22H19O2.C5H5.Fe/c1-24-18-13-11-16(12-14-18)20-19(15-7-3-2-4-8-15)21(20)22(23)17-9-5-6-10-17;1-2-4-5-3-1;/h2-14,19-21H,1H3;1-5H;/q;;+2. The molecule has 0 spiro atoms. The number of ketones is 1. The number of hydrogen-bond acceptors (Lipinski definition) is 2. The smallest absolute Gasteiger partial charge is 0.497 e. The van der Waals surface area contributed by atoms with Gasteiger partial charge in [0.15, 0.2) is 0 Å². The van der Waals surface area contributed by atoms with E-state index in [1.54, 1.807) is 7.11 Å². The van der Waals surface area contributed by atoms with Gasteiger partial charge in [-0.15, -0.1) is 0 Å². The fourth-order valence-corrected chi connectivity index (χ4v) is 4.02. The predicted molar refractivity (Wildman–Crippen MR) is 115 cm³/mol. The molecule has 3 heteroatoms. The topological polar surface area (TPSA) is 26.3 Å². The van der Waals surface area contributed by atoms with E-state index in [0.29, 0.717) is 0 Å². The van der Waals surface area contributed by atoms with Crippen molar-refractivity contribution < 1.29 is 26.6 Å². The number of ether oxygens (including phenoxy) is 1. The molecule has 3 aliphatic rings. The fraction of sp³-hybridized carbons (Fsp3) is 0.148. The largest absolute Gasteiger partial charge is 2.00 e. The van der Waals surface area contributed by atoms with Crippen LogP contribution in [0.15, 0.2) is 54.6 Å². The van der Waals surface area contributed by atoms with Crippen molar-refractivity contribution >= 4 is 5.78 Å². The summed E-state index contributed by atoms with van der Waals surface area (Å²) in [4.78, 5) is 12.9. The third-order valence-corrected chi connectivity index (χ3v) is 5.51. The molecule has 3 unspecified atom stereocenters. The van der Waals surface area contributed by atoms with Crippen molar-refractivity contribution in [2.24, 2.45) is 5.92 Å². The van der Waals surface area contributed by atoms with E-state index in [1.165, 1.54) is 11.1 Å². The molecule has 0 saturated heterocycles. The number of carbonyl (C=O) groups is 1. The number of methoxy groups -OCH3 is 1. The van der Waals surface area contributed by atoms with Crippen molar-refractivity contribution in [3.8, 4) is 5.75 Å². The Morgan fingerprint density at radius 3 is 1.70 bits per heavy atom. The van der Waals surface area contributed by atoms with E-state index in [9.17, 15) is 4.79 Å². The van der Waals surface area contributed by atoms with Crippen LogP contribution < -0.4 is 4.74 Å². The molecule has 3 fully saturated rings. The maximum absolute atomic E-state index is 12.9. The van der Waals surface area contributed by atoms with Crippen LogP contribution in [0, 0.1) is 69.6 Å². The first-order chi connectivity index (χ1) is 14.3. The van der Waals surface area contributed by atoms with Crippen LogP contribution >= 0.6 is 0 Å². The number of Topliss-reactive ketones (excluding diaryl/α,β-unsaturated/α-hetero) is 1. The zero-order chi connectivity index (χ0) is 20.1. The van der Waals surface area contributed by atoms with E-state index in [1.807, 2.05) is 88.1 Å². The van der Waals surface area contributed by atoms with Gasteiger partial charge in [-0.25, -0.2) is 0 Å². The first-order valence-electron chi connectivity index (χ1n) is 9.91. The summed E-state index contributed by atoms with van der Waals surface area (Å²) in [7, 11) is 1.67. The second kappa shape index (κ2) is 11.2. The molecule has 2 aromatic carbocycles. The van der Waals surface area contributed by atoms with Gasteiger partial charge in [0.25, 0.3) is 0 Å². The summed E-state index contributed by atoms with van der Waals surface area (Å²) < 4.78 is 5.25.